The Bertz CT molecular complexity index is 1400. The predicted octanol–water partition coefficient (Wildman–Crippen LogP) is 8.78. The SMILES string of the molecule is CCCCCC(=O)N1c2ccccc2NC2=C(C(=O)C[C@@H](c3ccc(Cl)c(Cl)c3)C2)[C@H]1c1ccc(C)cc1. The average Bonchev–Trinajstić information content (AvgIpc) is 3.05. The van der Waals surface area contributed by atoms with Gasteiger partial charge in [0.2, 0.25) is 5.91 Å². The predicted molar refractivity (Wildman–Crippen MR) is 156 cm³/mol. The molecule has 0 spiro atoms. The number of Topliss-reactive ketones (excluding diaryl/α,β-unsaturated/α-hetero) is 1. The third-order valence-electron chi connectivity index (χ3n) is 7.56. The fourth-order valence-corrected chi connectivity index (χ4v) is 5.88. The second-order valence-corrected chi connectivity index (χ2v) is 11.1. The number of fused-ring (bicyclic) bond motifs is 1. The van der Waals surface area contributed by atoms with Gasteiger partial charge in [-0.3, -0.25) is 14.5 Å². The lowest BCUT2D eigenvalue weighted by Gasteiger charge is -2.35. The standard InChI is InChI=1S/C32H32Cl2N2O2/c1-3-4-5-10-30(38)36-28-9-7-6-8-26(28)35-27-18-23(22-15-16-24(33)25(34)17-22)19-29(37)31(27)32(36)21-13-11-20(2)12-14-21/h6-9,11-17,23,32,35H,3-5,10,18-19H2,1-2H3/t23-,32+/m0/s1. The molecule has 6 heteroatoms. The Hall–Kier alpha value is -3.08. The highest BCUT2D eigenvalue weighted by atomic mass is 35.5. The Kier molecular flexibility index (Phi) is 7.92. The van der Waals surface area contributed by atoms with Crippen LogP contribution in [0.25, 0.3) is 0 Å². The number of carbonyl (C=O) groups is 2. The Morgan fingerprint density at radius 3 is 2.42 bits per heavy atom. The molecule has 1 aliphatic heterocycles. The lowest BCUT2D eigenvalue weighted by Crippen LogP contribution is -2.38. The van der Waals surface area contributed by atoms with E-state index in [4.69, 9.17) is 23.2 Å². The van der Waals surface area contributed by atoms with E-state index in [1.165, 1.54) is 0 Å². The van der Waals surface area contributed by atoms with E-state index >= 15 is 0 Å². The number of allylic oxidation sites excluding steroid dienone is 1. The summed E-state index contributed by atoms with van der Waals surface area (Å²) >= 11 is 12.5. The van der Waals surface area contributed by atoms with Crippen LogP contribution in [0.3, 0.4) is 0 Å². The second-order valence-electron chi connectivity index (χ2n) is 10.3. The second kappa shape index (κ2) is 11.3. The van der Waals surface area contributed by atoms with Gasteiger partial charge in [-0.25, -0.2) is 0 Å². The Morgan fingerprint density at radius 2 is 1.68 bits per heavy atom. The van der Waals surface area contributed by atoms with Gasteiger partial charge in [0.1, 0.15) is 0 Å². The van der Waals surface area contributed by atoms with Crippen molar-refractivity contribution in [1.29, 1.82) is 0 Å². The number of nitrogens with one attached hydrogen (secondary N) is 1. The number of nitrogens with zero attached hydrogens (tertiary/aromatic N) is 1. The number of anilines is 2. The molecule has 38 heavy (non-hydrogen) atoms. The quantitative estimate of drug-likeness (QED) is 0.314. The van der Waals surface area contributed by atoms with Crippen LogP contribution in [0.1, 0.15) is 74.1 Å². The minimum Gasteiger partial charge on any atom is -0.357 e. The molecule has 4 nitrogen and oxygen atoms in total. The van der Waals surface area contributed by atoms with E-state index < -0.39 is 6.04 Å². The number of unbranched alkanes of at least 4 members (excludes halogenated alkanes) is 2. The van der Waals surface area contributed by atoms with E-state index in [0.29, 0.717) is 34.9 Å². The monoisotopic (exact) mass is 546 g/mol. The van der Waals surface area contributed by atoms with Crippen molar-refractivity contribution in [3.05, 3.63) is 105 Å². The van der Waals surface area contributed by atoms with Gasteiger partial charge in [-0.2, -0.15) is 0 Å². The van der Waals surface area contributed by atoms with Gasteiger partial charge in [0.25, 0.3) is 0 Å². The molecule has 1 amide bonds. The number of halogens is 2. The van der Waals surface area contributed by atoms with Crippen LogP contribution in [-0.4, -0.2) is 11.7 Å². The molecule has 0 bridgehead atoms. The number of amides is 1. The Labute approximate surface area is 234 Å². The zero-order valence-electron chi connectivity index (χ0n) is 21.8. The molecule has 1 heterocycles. The first-order valence-corrected chi connectivity index (χ1v) is 14.1. The van der Waals surface area contributed by atoms with Crippen molar-refractivity contribution in [3.8, 4) is 0 Å². The molecule has 0 aromatic heterocycles. The van der Waals surface area contributed by atoms with E-state index in [2.05, 4.69) is 12.2 Å². The van der Waals surface area contributed by atoms with Gasteiger partial charge in [0.15, 0.2) is 5.78 Å². The topological polar surface area (TPSA) is 49.4 Å². The number of rotatable bonds is 6. The summed E-state index contributed by atoms with van der Waals surface area (Å²) in [6.07, 6.45) is 4.26. The number of ketones is 1. The molecule has 0 saturated heterocycles. The number of aryl methyl sites for hydroxylation is 1. The lowest BCUT2D eigenvalue weighted by atomic mass is 9.78. The summed E-state index contributed by atoms with van der Waals surface area (Å²) in [6.45, 7) is 4.17. The summed E-state index contributed by atoms with van der Waals surface area (Å²) in [5.41, 5.74) is 6.22. The number of hydrogen-bond acceptors (Lipinski definition) is 3. The summed E-state index contributed by atoms with van der Waals surface area (Å²) in [5, 5.41) is 4.57. The first-order valence-electron chi connectivity index (χ1n) is 13.3. The molecular weight excluding hydrogens is 515 g/mol. The van der Waals surface area contributed by atoms with E-state index in [9.17, 15) is 9.59 Å². The minimum absolute atomic E-state index is 0.0337. The molecule has 0 radical (unpaired) electrons. The van der Waals surface area contributed by atoms with Crippen LogP contribution in [0.5, 0.6) is 0 Å². The van der Waals surface area contributed by atoms with Gasteiger partial charge in [-0.1, -0.05) is 91.0 Å². The van der Waals surface area contributed by atoms with Crippen LogP contribution in [0, 0.1) is 6.92 Å². The maximum atomic E-state index is 14.1. The van der Waals surface area contributed by atoms with Crippen LogP contribution in [-0.2, 0) is 9.59 Å². The molecule has 1 N–H and O–H groups in total. The third kappa shape index (κ3) is 5.25. The highest BCUT2D eigenvalue weighted by molar-refractivity contribution is 6.42. The summed E-state index contributed by atoms with van der Waals surface area (Å²) in [4.78, 5) is 29.8. The summed E-state index contributed by atoms with van der Waals surface area (Å²) in [7, 11) is 0. The number of carbonyl (C=O) groups excluding carboxylic acids is 2. The molecule has 0 unspecified atom stereocenters. The zero-order chi connectivity index (χ0) is 26.8. The van der Waals surface area contributed by atoms with Gasteiger partial charge in [0.05, 0.1) is 27.5 Å². The zero-order valence-corrected chi connectivity index (χ0v) is 23.3. The van der Waals surface area contributed by atoms with Gasteiger partial charge < -0.3 is 5.32 Å². The molecule has 0 fully saturated rings. The highest BCUT2D eigenvalue weighted by Crippen LogP contribution is 2.48. The highest BCUT2D eigenvalue weighted by Gasteiger charge is 2.41. The van der Waals surface area contributed by atoms with Crippen molar-refractivity contribution < 1.29 is 9.59 Å². The van der Waals surface area contributed by atoms with Gasteiger partial charge >= 0.3 is 0 Å². The van der Waals surface area contributed by atoms with Crippen LogP contribution >= 0.6 is 23.2 Å². The maximum Gasteiger partial charge on any atom is 0.227 e. The van der Waals surface area contributed by atoms with Crippen molar-refractivity contribution in [3.63, 3.8) is 0 Å². The third-order valence-corrected chi connectivity index (χ3v) is 8.30. The maximum absolute atomic E-state index is 14.1. The number of hydrogen-bond donors (Lipinski definition) is 1. The molecule has 1 aliphatic carbocycles. The van der Waals surface area contributed by atoms with Crippen LogP contribution in [0.4, 0.5) is 11.4 Å². The van der Waals surface area contributed by atoms with Crippen molar-refractivity contribution in [2.24, 2.45) is 0 Å². The molecule has 2 atom stereocenters. The Morgan fingerprint density at radius 1 is 0.947 bits per heavy atom. The average molecular weight is 548 g/mol. The largest absolute Gasteiger partial charge is 0.357 e. The molecule has 3 aromatic rings. The van der Waals surface area contributed by atoms with E-state index in [1.807, 2.05) is 72.5 Å². The van der Waals surface area contributed by atoms with Gasteiger partial charge in [0, 0.05) is 24.1 Å². The molecular formula is C32H32Cl2N2O2. The normalized spacial score (nSPS) is 18.9. The van der Waals surface area contributed by atoms with E-state index in [0.717, 1.165) is 53.0 Å². The summed E-state index contributed by atoms with van der Waals surface area (Å²) in [5.74, 6) is 0.0344. The Balaban J connectivity index is 1.65. The van der Waals surface area contributed by atoms with Crippen LogP contribution in [0.15, 0.2) is 78.0 Å². The van der Waals surface area contributed by atoms with Crippen molar-refractivity contribution in [2.45, 2.75) is 64.3 Å². The van der Waals surface area contributed by atoms with E-state index in [1.54, 1.807) is 6.07 Å². The fourth-order valence-electron chi connectivity index (χ4n) is 5.58. The fraction of sp³-hybridized carbons (Fsp3) is 0.312. The number of benzene rings is 3. The first-order chi connectivity index (χ1) is 18.4. The molecule has 5 rings (SSSR count). The smallest absolute Gasteiger partial charge is 0.227 e. The molecule has 196 valence electrons. The summed E-state index contributed by atoms with van der Waals surface area (Å²) in [6, 6.07) is 21.1. The number of para-hydroxylation sites is 2. The van der Waals surface area contributed by atoms with Gasteiger partial charge in [-0.05, 0) is 61.1 Å². The van der Waals surface area contributed by atoms with Crippen molar-refractivity contribution >= 4 is 46.3 Å². The molecule has 3 aromatic carbocycles. The first kappa shape index (κ1) is 26.5. The van der Waals surface area contributed by atoms with Crippen molar-refractivity contribution in [2.75, 3.05) is 10.2 Å². The van der Waals surface area contributed by atoms with Crippen LogP contribution in [0.2, 0.25) is 10.0 Å². The lowest BCUT2D eigenvalue weighted by molar-refractivity contribution is -0.119. The van der Waals surface area contributed by atoms with Crippen molar-refractivity contribution in [1.82, 2.24) is 0 Å². The molecule has 0 saturated carbocycles. The van der Waals surface area contributed by atoms with Gasteiger partial charge in [-0.15, -0.1) is 0 Å². The van der Waals surface area contributed by atoms with E-state index in [-0.39, 0.29) is 17.6 Å². The minimum atomic E-state index is -0.502. The van der Waals surface area contributed by atoms with Crippen LogP contribution < -0.4 is 10.2 Å². The summed E-state index contributed by atoms with van der Waals surface area (Å²) < 4.78 is 0. The molecule has 2 aliphatic rings.